The Labute approximate surface area is 137 Å². The Morgan fingerprint density at radius 3 is 2.30 bits per heavy atom. The van der Waals surface area contributed by atoms with Gasteiger partial charge in [0.1, 0.15) is 4.90 Å². The minimum atomic E-state index is -3.62. The van der Waals surface area contributed by atoms with Crippen LogP contribution in [0.2, 0.25) is 0 Å². The third-order valence-electron chi connectivity index (χ3n) is 4.33. The first kappa shape index (κ1) is 16.1. The van der Waals surface area contributed by atoms with E-state index in [9.17, 15) is 8.42 Å². The Kier molecular flexibility index (Phi) is 4.19. The van der Waals surface area contributed by atoms with E-state index in [1.165, 1.54) is 12.8 Å². The van der Waals surface area contributed by atoms with Crippen LogP contribution in [0.15, 0.2) is 29.3 Å². The summed E-state index contributed by atoms with van der Waals surface area (Å²) < 4.78 is 29.9. The zero-order valence-electron chi connectivity index (χ0n) is 13.8. The van der Waals surface area contributed by atoms with Gasteiger partial charge in [0.15, 0.2) is 0 Å². The maximum atomic E-state index is 12.7. The Hall–Kier alpha value is -1.82. The van der Waals surface area contributed by atoms with Crippen molar-refractivity contribution < 1.29 is 8.42 Å². The fourth-order valence-corrected chi connectivity index (χ4v) is 4.54. The molecule has 1 aliphatic carbocycles. The van der Waals surface area contributed by atoms with Crippen molar-refractivity contribution in [3.8, 4) is 0 Å². The molecule has 6 heteroatoms. The predicted octanol–water partition coefficient (Wildman–Crippen LogP) is 3.72. The number of aryl methyl sites for hydroxylation is 3. The van der Waals surface area contributed by atoms with E-state index in [-0.39, 0.29) is 4.90 Å². The summed E-state index contributed by atoms with van der Waals surface area (Å²) in [7, 11) is -3.62. The molecule has 23 heavy (non-hydrogen) atoms. The molecule has 5 nitrogen and oxygen atoms in total. The molecule has 1 aromatic carbocycles. The molecule has 0 aliphatic heterocycles. The van der Waals surface area contributed by atoms with Crippen LogP contribution in [0.5, 0.6) is 0 Å². The number of nitrogens with zero attached hydrogens (tertiary/aromatic N) is 2. The maximum Gasteiger partial charge on any atom is 0.265 e. The van der Waals surface area contributed by atoms with Gasteiger partial charge in [0.25, 0.3) is 10.0 Å². The largest absolute Gasteiger partial charge is 0.280 e. The van der Waals surface area contributed by atoms with Crippen molar-refractivity contribution in [3.05, 3.63) is 41.2 Å². The Morgan fingerprint density at radius 2 is 1.70 bits per heavy atom. The molecule has 0 saturated heterocycles. The van der Waals surface area contributed by atoms with E-state index in [1.54, 1.807) is 13.1 Å². The zero-order valence-corrected chi connectivity index (χ0v) is 14.7. The van der Waals surface area contributed by atoms with Crippen molar-refractivity contribution in [2.45, 2.75) is 57.4 Å². The number of hydrogen-bond donors (Lipinski definition) is 1. The molecular weight excluding hydrogens is 310 g/mol. The van der Waals surface area contributed by atoms with Gasteiger partial charge in [-0.3, -0.25) is 9.40 Å². The van der Waals surface area contributed by atoms with Crippen molar-refractivity contribution in [1.82, 2.24) is 9.78 Å². The minimum absolute atomic E-state index is 0.267. The second-order valence-electron chi connectivity index (χ2n) is 6.48. The maximum absolute atomic E-state index is 12.7. The van der Waals surface area contributed by atoms with Gasteiger partial charge >= 0.3 is 0 Å². The van der Waals surface area contributed by atoms with Crippen molar-refractivity contribution in [2.24, 2.45) is 0 Å². The smallest absolute Gasteiger partial charge is 0.265 e. The molecule has 1 N–H and O–H groups in total. The molecular formula is C17H23N3O2S. The van der Waals surface area contributed by atoms with Crippen LogP contribution in [0.1, 0.15) is 48.5 Å². The highest BCUT2D eigenvalue weighted by atomic mass is 32.2. The van der Waals surface area contributed by atoms with Crippen LogP contribution in [0.25, 0.3) is 0 Å². The predicted molar refractivity (Wildman–Crippen MR) is 91.2 cm³/mol. The highest BCUT2D eigenvalue weighted by molar-refractivity contribution is 7.92. The first-order valence-electron chi connectivity index (χ1n) is 8.02. The molecule has 0 radical (unpaired) electrons. The molecule has 3 rings (SSSR count). The number of nitrogens with one attached hydrogen (secondary N) is 1. The van der Waals surface area contributed by atoms with E-state index in [0.717, 1.165) is 24.0 Å². The lowest BCUT2D eigenvalue weighted by Gasteiger charge is -2.10. The van der Waals surface area contributed by atoms with Crippen molar-refractivity contribution in [3.63, 3.8) is 0 Å². The Balaban J connectivity index is 1.90. The summed E-state index contributed by atoms with van der Waals surface area (Å²) in [6.45, 7) is 5.66. The van der Waals surface area contributed by atoms with Crippen molar-refractivity contribution in [1.29, 1.82) is 0 Å². The number of hydrogen-bond acceptors (Lipinski definition) is 3. The van der Waals surface area contributed by atoms with Gasteiger partial charge in [-0.15, -0.1) is 0 Å². The topological polar surface area (TPSA) is 64.0 Å². The van der Waals surface area contributed by atoms with Gasteiger partial charge in [-0.05, 0) is 56.9 Å². The lowest BCUT2D eigenvalue weighted by Crippen LogP contribution is -2.13. The fraction of sp³-hybridized carbons (Fsp3) is 0.471. The SMILES string of the molecule is Cc1cc(C)cc(NS(=O)(=O)c2cn(C3CCCC3)nc2C)c1. The molecule has 0 bridgehead atoms. The fourth-order valence-electron chi connectivity index (χ4n) is 3.33. The number of rotatable bonds is 4. The van der Waals surface area contributed by atoms with E-state index in [2.05, 4.69) is 9.82 Å². The molecule has 0 atom stereocenters. The van der Waals surface area contributed by atoms with E-state index in [4.69, 9.17) is 0 Å². The third-order valence-corrected chi connectivity index (χ3v) is 5.82. The van der Waals surface area contributed by atoms with Gasteiger partial charge in [-0.25, -0.2) is 8.42 Å². The molecule has 0 spiro atoms. The van der Waals surface area contributed by atoms with Crippen LogP contribution in [0.4, 0.5) is 5.69 Å². The molecule has 0 amide bonds. The highest BCUT2D eigenvalue weighted by Gasteiger charge is 2.24. The average Bonchev–Trinajstić information content (AvgIpc) is 3.05. The van der Waals surface area contributed by atoms with Gasteiger partial charge in [0, 0.05) is 11.9 Å². The summed E-state index contributed by atoms with van der Waals surface area (Å²) in [6, 6.07) is 6.02. The Bertz CT molecular complexity index is 798. The summed E-state index contributed by atoms with van der Waals surface area (Å²) in [6.07, 6.45) is 6.20. The van der Waals surface area contributed by atoms with Gasteiger partial charge in [-0.2, -0.15) is 5.10 Å². The van der Waals surface area contributed by atoms with E-state index < -0.39 is 10.0 Å². The second-order valence-corrected chi connectivity index (χ2v) is 8.13. The number of sulfonamides is 1. The molecule has 0 unspecified atom stereocenters. The molecule has 1 aromatic heterocycles. The van der Waals surface area contributed by atoms with Gasteiger partial charge in [0.2, 0.25) is 0 Å². The average molecular weight is 333 g/mol. The second kappa shape index (κ2) is 6.00. The normalized spacial score (nSPS) is 16.0. The summed E-state index contributed by atoms with van der Waals surface area (Å²) in [5, 5.41) is 4.43. The van der Waals surface area contributed by atoms with E-state index >= 15 is 0 Å². The van der Waals surface area contributed by atoms with Gasteiger partial charge < -0.3 is 0 Å². The van der Waals surface area contributed by atoms with E-state index in [0.29, 0.717) is 17.4 Å². The lowest BCUT2D eigenvalue weighted by molar-refractivity contribution is 0.464. The van der Waals surface area contributed by atoms with Crippen molar-refractivity contribution >= 4 is 15.7 Å². The molecule has 2 aromatic rings. The number of aromatic nitrogens is 2. The van der Waals surface area contributed by atoms with Crippen LogP contribution in [-0.4, -0.2) is 18.2 Å². The molecule has 1 fully saturated rings. The number of benzene rings is 1. The zero-order chi connectivity index (χ0) is 16.6. The van der Waals surface area contributed by atoms with Crippen LogP contribution < -0.4 is 4.72 Å². The van der Waals surface area contributed by atoms with Crippen LogP contribution in [0, 0.1) is 20.8 Å². The quantitative estimate of drug-likeness (QED) is 0.927. The summed E-state index contributed by atoms with van der Waals surface area (Å²) in [4.78, 5) is 0.267. The summed E-state index contributed by atoms with van der Waals surface area (Å²) in [5.41, 5.74) is 3.20. The summed E-state index contributed by atoms with van der Waals surface area (Å²) >= 11 is 0. The minimum Gasteiger partial charge on any atom is -0.280 e. The first-order chi connectivity index (χ1) is 10.8. The van der Waals surface area contributed by atoms with Gasteiger partial charge in [0.05, 0.1) is 11.7 Å². The molecule has 1 aliphatic rings. The van der Waals surface area contributed by atoms with Gasteiger partial charge in [-0.1, -0.05) is 18.9 Å². The standard InChI is InChI=1S/C17H23N3O2S/c1-12-8-13(2)10-15(9-12)19-23(21,22)17-11-20(18-14(17)3)16-6-4-5-7-16/h8-11,16,19H,4-7H2,1-3H3. The number of anilines is 1. The van der Waals surface area contributed by atoms with Crippen LogP contribution >= 0.6 is 0 Å². The summed E-state index contributed by atoms with van der Waals surface area (Å²) in [5.74, 6) is 0. The van der Waals surface area contributed by atoms with E-state index in [1.807, 2.05) is 36.7 Å². The molecule has 1 heterocycles. The third kappa shape index (κ3) is 3.42. The monoisotopic (exact) mass is 333 g/mol. The van der Waals surface area contributed by atoms with Crippen LogP contribution in [-0.2, 0) is 10.0 Å². The highest BCUT2D eigenvalue weighted by Crippen LogP contribution is 2.30. The van der Waals surface area contributed by atoms with Crippen LogP contribution in [0.3, 0.4) is 0 Å². The van der Waals surface area contributed by atoms with Crippen molar-refractivity contribution in [2.75, 3.05) is 4.72 Å². The first-order valence-corrected chi connectivity index (χ1v) is 9.50. The lowest BCUT2D eigenvalue weighted by atomic mass is 10.1. The Morgan fingerprint density at radius 1 is 1.09 bits per heavy atom. The molecule has 124 valence electrons. The molecule has 1 saturated carbocycles.